The molecule has 2 amide bonds. The Morgan fingerprint density at radius 2 is 1.96 bits per heavy atom. The second-order valence-corrected chi connectivity index (χ2v) is 7.42. The van der Waals surface area contributed by atoms with Crippen LogP contribution in [0.1, 0.15) is 18.4 Å². The van der Waals surface area contributed by atoms with Crippen molar-refractivity contribution >= 4 is 27.8 Å². The van der Waals surface area contributed by atoms with Gasteiger partial charge in [-0.3, -0.25) is 0 Å². The third kappa shape index (κ3) is 3.83. The molecule has 0 atom stereocenters. The lowest BCUT2D eigenvalue weighted by atomic mass is 10.0. The lowest BCUT2D eigenvalue weighted by Gasteiger charge is -2.40. The van der Waals surface area contributed by atoms with Gasteiger partial charge in [0, 0.05) is 49.9 Å². The van der Waals surface area contributed by atoms with Crippen LogP contribution in [0.2, 0.25) is 0 Å². The predicted octanol–water partition coefficient (Wildman–Crippen LogP) is 2.51. The van der Waals surface area contributed by atoms with Gasteiger partial charge in [-0.1, -0.05) is 0 Å². The molecule has 0 unspecified atom stereocenters. The number of rotatable bonds is 2. The summed E-state index contributed by atoms with van der Waals surface area (Å²) in [6.45, 7) is 6.64. The first kappa shape index (κ1) is 17.5. The first-order chi connectivity index (χ1) is 11.6. The topological polar surface area (TPSA) is 48.9 Å². The van der Waals surface area contributed by atoms with Crippen LogP contribution in [-0.2, 0) is 4.74 Å². The van der Waals surface area contributed by atoms with Crippen LogP contribution >= 0.6 is 15.9 Å². The summed E-state index contributed by atoms with van der Waals surface area (Å²) in [4.78, 5) is 23.3. The van der Waals surface area contributed by atoms with Crippen LogP contribution in [0.4, 0.5) is 10.6 Å². The molecular weight excluding hydrogens is 372 g/mol. The maximum atomic E-state index is 12.6. The van der Waals surface area contributed by atoms with Crippen LogP contribution in [0, 0.1) is 6.92 Å². The average molecular weight is 397 g/mol. The highest BCUT2D eigenvalue weighted by Gasteiger charge is 2.29. The van der Waals surface area contributed by atoms with Crippen molar-refractivity contribution in [3.05, 3.63) is 22.3 Å². The number of aryl methyl sites for hydroxylation is 1. The number of morpholine rings is 1. The summed E-state index contributed by atoms with van der Waals surface area (Å²) >= 11 is 3.46. The quantitative estimate of drug-likeness (QED) is 0.770. The lowest BCUT2D eigenvalue weighted by molar-refractivity contribution is 0.0409. The second kappa shape index (κ2) is 7.70. The molecule has 132 valence electrons. The minimum absolute atomic E-state index is 0.134. The van der Waals surface area contributed by atoms with Gasteiger partial charge in [-0.15, -0.1) is 0 Å². The number of amides is 2. The molecule has 2 fully saturated rings. The minimum Gasteiger partial charge on any atom is -0.378 e. The molecule has 0 aromatic carbocycles. The maximum Gasteiger partial charge on any atom is 0.320 e. The highest BCUT2D eigenvalue weighted by Crippen LogP contribution is 2.25. The van der Waals surface area contributed by atoms with Gasteiger partial charge in [0.25, 0.3) is 0 Å². The number of anilines is 1. The molecule has 0 spiro atoms. The molecule has 0 aliphatic carbocycles. The van der Waals surface area contributed by atoms with E-state index in [1.807, 2.05) is 23.0 Å². The summed E-state index contributed by atoms with van der Waals surface area (Å²) in [5, 5.41) is 0. The van der Waals surface area contributed by atoms with E-state index in [1.165, 1.54) is 5.56 Å². The number of carbonyl (C=O) groups excluding carboxylic acids is 1. The van der Waals surface area contributed by atoms with Crippen LogP contribution in [0.3, 0.4) is 0 Å². The van der Waals surface area contributed by atoms with Crippen LogP contribution in [-0.4, -0.2) is 73.3 Å². The van der Waals surface area contributed by atoms with E-state index >= 15 is 0 Å². The van der Waals surface area contributed by atoms with Gasteiger partial charge in [0.15, 0.2) is 0 Å². The van der Waals surface area contributed by atoms with Crippen LogP contribution in [0.15, 0.2) is 16.7 Å². The molecule has 2 aliphatic heterocycles. The van der Waals surface area contributed by atoms with Gasteiger partial charge in [-0.2, -0.15) is 0 Å². The number of piperidine rings is 1. The van der Waals surface area contributed by atoms with Gasteiger partial charge in [0.05, 0.1) is 13.2 Å². The number of hydrogen-bond acceptors (Lipinski definition) is 4. The van der Waals surface area contributed by atoms with Gasteiger partial charge >= 0.3 is 6.03 Å². The fourth-order valence-electron chi connectivity index (χ4n) is 3.46. The fraction of sp³-hybridized carbons (Fsp3) is 0.647. The summed E-state index contributed by atoms with van der Waals surface area (Å²) in [6.07, 6.45) is 3.80. The van der Waals surface area contributed by atoms with Crippen molar-refractivity contribution in [2.75, 3.05) is 51.3 Å². The number of pyridine rings is 1. The van der Waals surface area contributed by atoms with Crippen LogP contribution in [0.25, 0.3) is 0 Å². The van der Waals surface area contributed by atoms with E-state index in [2.05, 4.69) is 38.8 Å². The first-order valence-electron chi connectivity index (χ1n) is 8.53. The highest BCUT2D eigenvalue weighted by atomic mass is 79.9. The molecule has 0 radical (unpaired) electrons. The van der Waals surface area contributed by atoms with Crippen molar-refractivity contribution in [1.82, 2.24) is 14.8 Å². The summed E-state index contributed by atoms with van der Waals surface area (Å²) in [5.74, 6) is 1.05. The molecule has 0 N–H and O–H groups in total. The molecule has 0 saturated carbocycles. The predicted molar refractivity (Wildman–Crippen MR) is 97.5 cm³/mol. The highest BCUT2D eigenvalue weighted by molar-refractivity contribution is 9.10. The van der Waals surface area contributed by atoms with Crippen molar-refractivity contribution in [2.45, 2.75) is 25.8 Å². The number of aromatic nitrogens is 1. The Bertz CT molecular complexity index is 584. The summed E-state index contributed by atoms with van der Waals surface area (Å²) in [5.41, 5.74) is 1.18. The van der Waals surface area contributed by atoms with E-state index < -0.39 is 0 Å². The maximum absolute atomic E-state index is 12.6. The third-order valence-corrected chi connectivity index (χ3v) is 5.35. The van der Waals surface area contributed by atoms with Crippen molar-refractivity contribution < 1.29 is 9.53 Å². The Labute approximate surface area is 151 Å². The molecule has 3 rings (SSSR count). The van der Waals surface area contributed by atoms with Gasteiger partial charge in [-0.05, 0) is 47.3 Å². The molecular formula is C17H25BrN4O2. The lowest BCUT2D eigenvalue weighted by Crippen LogP contribution is -2.52. The number of nitrogens with zero attached hydrogens (tertiary/aromatic N) is 4. The standard InChI is InChI=1S/C17H25BrN4O2/c1-13-11-14(18)12-19-16(13)21-5-3-15(4-6-21)20(2)17(23)22-7-9-24-10-8-22/h11-12,15H,3-10H2,1-2H3. The molecule has 1 aromatic rings. The van der Waals surface area contributed by atoms with Crippen molar-refractivity contribution in [1.29, 1.82) is 0 Å². The van der Waals surface area contributed by atoms with Crippen molar-refractivity contribution in [3.63, 3.8) is 0 Å². The van der Waals surface area contributed by atoms with E-state index in [1.54, 1.807) is 0 Å². The average Bonchev–Trinajstić information content (AvgIpc) is 2.61. The van der Waals surface area contributed by atoms with Crippen molar-refractivity contribution in [2.24, 2.45) is 0 Å². The number of carbonyl (C=O) groups is 1. The van der Waals surface area contributed by atoms with E-state index in [0.29, 0.717) is 32.3 Å². The SMILES string of the molecule is Cc1cc(Br)cnc1N1CCC(N(C)C(=O)N2CCOCC2)CC1. The van der Waals surface area contributed by atoms with E-state index in [-0.39, 0.29) is 6.03 Å². The Hall–Kier alpha value is -1.34. The Balaban J connectivity index is 1.57. The van der Waals surface area contributed by atoms with Gasteiger partial charge < -0.3 is 19.4 Å². The largest absolute Gasteiger partial charge is 0.378 e. The summed E-state index contributed by atoms with van der Waals surface area (Å²) in [7, 11) is 1.93. The smallest absolute Gasteiger partial charge is 0.320 e. The zero-order chi connectivity index (χ0) is 17.1. The second-order valence-electron chi connectivity index (χ2n) is 6.51. The normalized spacial score (nSPS) is 19.5. The zero-order valence-corrected chi connectivity index (χ0v) is 16.0. The number of urea groups is 1. The fourth-order valence-corrected chi connectivity index (χ4v) is 3.91. The molecule has 24 heavy (non-hydrogen) atoms. The van der Waals surface area contributed by atoms with E-state index in [9.17, 15) is 4.79 Å². The summed E-state index contributed by atoms with van der Waals surface area (Å²) < 4.78 is 6.34. The van der Waals surface area contributed by atoms with Crippen LogP contribution in [0.5, 0.6) is 0 Å². The number of halogens is 1. The monoisotopic (exact) mass is 396 g/mol. The first-order valence-corrected chi connectivity index (χ1v) is 9.32. The zero-order valence-electron chi connectivity index (χ0n) is 14.4. The molecule has 6 nitrogen and oxygen atoms in total. The molecule has 3 heterocycles. The van der Waals surface area contributed by atoms with Crippen LogP contribution < -0.4 is 4.90 Å². The minimum atomic E-state index is 0.134. The molecule has 2 saturated heterocycles. The molecule has 1 aromatic heterocycles. The third-order valence-electron chi connectivity index (χ3n) is 4.91. The Morgan fingerprint density at radius 1 is 1.29 bits per heavy atom. The molecule has 2 aliphatic rings. The van der Waals surface area contributed by atoms with Gasteiger partial charge in [0.1, 0.15) is 5.82 Å². The number of hydrogen-bond donors (Lipinski definition) is 0. The van der Waals surface area contributed by atoms with Crippen molar-refractivity contribution in [3.8, 4) is 0 Å². The number of ether oxygens (including phenoxy) is 1. The van der Waals surface area contributed by atoms with E-state index in [4.69, 9.17) is 4.74 Å². The summed E-state index contributed by atoms with van der Waals surface area (Å²) in [6, 6.07) is 2.53. The van der Waals surface area contributed by atoms with E-state index in [0.717, 1.165) is 36.2 Å². The molecule has 0 bridgehead atoms. The Kier molecular flexibility index (Phi) is 5.61. The van der Waals surface area contributed by atoms with Gasteiger partial charge in [-0.25, -0.2) is 9.78 Å². The Morgan fingerprint density at radius 3 is 2.58 bits per heavy atom. The molecule has 7 heteroatoms. The van der Waals surface area contributed by atoms with Gasteiger partial charge in [0.2, 0.25) is 0 Å².